The van der Waals surface area contributed by atoms with Crippen LogP contribution in [0.4, 0.5) is 9.59 Å². The Hall–Kier alpha value is -3.64. The molecule has 13 heteroatoms. The van der Waals surface area contributed by atoms with Crippen molar-refractivity contribution in [2.45, 2.75) is 105 Å². The number of cyclic esters (lactones) is 1. The lowest BCUT2D eigenvalue weighted by atomic mass is 9.85. The molecule has 6 amide bonds. The van der Waals surface area contributed by atoms with Crippen molar-refractivity contribution in [3.8, 4) is 0 Å². The molecule has 0 aromatic heterocycles. The molecule has 1 unspecified atom stereocenters. The molecule has 0 radical (unpaired) electrons. The molecule has 13 nitrogen and oxygen atoms in total. The Morgan fingerprint density at radius 3 is 2.25 bits per heavy atom. The largest absolute Gasteiger partial charge is 0.449 e. The van der Waals surface area contributed by atoms with Gasteiger partial charge in [0.15, 0.2) is 0 Å². The van der Waals surface area contributed by atoms with E-state index in [0.29, 0.717) is 32.5 Å². The normalized spacial score (nSPS) is 25.1. The molecule has 0 aromatic carbocycles. The summed E-state index contributed by atoms with van der Waals surface area (Å²) >= 11 is 0. The number of urea groups is 1. The van der Waals surface area contributed by atoms with Crippen molar-refractivity contribution in [3.63, 3.8) is 0 Å². The minimum Gasteiger partial charge on any atom is -0.449 e. The van der Waals surface area contributed by atoms with Crippen LogP contribution in [-0.2, 0) is 23.9 Å². The molecule has 6 atom stereocenters. The molecule has 0 spiro atoms. The van der Waals surface area contributed by atoms with Gasteiger partial charge in [0, 0.05) is 26.2 Å². The molecule has 4 rings (SSSR count). The minimum absolute atomic E-state index is 0.0784. The molecule has 4 fully saturated rings. The number of hydrogen-bond acceptors (Lipinski definition) is 7. The van der Waals surface area contributed by atoms with Gasteiger partial charge in [0.05, 0.1) is 18.7 Å². The van der Waals surface area contributed by atoms with Crippen molar-refractivity contribution in [2.24, 2.45) is 34.0 Å². The summed E-state index contributed by atoms with van der Waals surface area (Å²) < 4.78 is 5.18. The van der Waals surface area contributed by atoms with Crippen molar-refractivity contribution in [2.75, 3.05) is 32.8 Å². The molecule has 4 aliphatic rings. The molecule has 268 valence electrons. The highest BCUT2D eigenvalue weighted by molar-refractivity contribution is 6.38. The van der Waals surface area contributed by atoms with Gasteiger partial charge < -0.3 is 35.8 Å². The summed E-state index contributed by atoms with van der Waals surface area (Å²) in [5.74, 6) is -2.14. The molecule has 2 heterocycles. The summed E-state index contributed by atoms with van der Waals surface area (Å²) in [6.07, 6.45) is 3.98. The third-order valence-electron chi connectivity index (χ3n) is 10.5. The fourth-order valence-electron chi connectivity index (χ4n) is 7.06. The summed E-state index contributed by atoms with van der Waals surface area (Å²) in [6, 6.07) is -3.84. The molecule has 2 aliphatic carbocycles. The Morgan fingerprint density at radius 1 is 1.02 bits per heavy atom. The van der Waals surface area contributed by atoms with Gasteiger partial charge in [0.25, 0.3) is 5.91 Å². The monoisotopic (exact) mass is 672 g/mol. The molecule has 0 bridgehead atoms. The zero-order chi connectivity index (χ0) is 35.8. The number of amides is 6. The SMILES string of the molecule is C=CCNC(=O)C(=O)C(CC1CC1)NC(=O)[C@@H]1[C@@H]2[C@H](CN1C(=O)[C@@H](NC(=O)N[C@H](CN1CCCOC1=O)C(C)(C)C)C(C)(C)C)C2(C)C. The predicted octanol–water partition coefficient (Wildman–Crippen LogP) is 2.60. The quantitative estimate of drug-likeness (QED) is 0.172. The zero-order valence-corrected chi connectivity index (χ0v) is 29.9. The number of hydrogen-bond donors (Lipinski definition) is 4. The lowest BCUT2D eigenvalue weighted by Crippen LogP contribution is -2.63. The van der Waals surface area contributed by atoms with Crippen LogP contribution in [0.3, 0.4) is 0 Å². The lowest BCUT2D eigenvalue weighted by Gasteiger charge is -2.39. The Labute approximate surface area is 284 Å². The number of nitrogens with zero attached hydrogens (tertiary/aromatic N) is 2. The fraction of sp³-hybridized carbons (Fsp3) is 0.771. The molecule has 2 saturated heterocycles. The maximum absolute atomic E-state index is 14.4. The van der Waals surface area contributed by atoms with Crippen LogP contribution < -0.4 is 21.3 Å². The first kappa shape index (κ1) is 37.2. The predicted molar refractivity (Wildman–Crippen MR) is 179 cm³/mol. The van der Waals surface area contributed by atoms with E-state index in [1.807, 2.05) is 41.5 Å². The zero-order valence-electron chi connectivity index (χ0n) is 29.9. The van der Waals surface area contributed by atoms with Gasteiger partial charge in [-0.1, -0.05) is 74.3 Å². The van der Waals surface area contributed by atoms with Crippen LogP contribution in [0.1, 0.15) is 81.1 Å². The summed E-state index contributed by atoms with van der Waals surface area (Å²) in [7, 11) is 0. The molecular weight excluding hydrogens is 616 g/mol. The van der Waals surface area contributed by atoms with Crippen LogP contribution in [0.15, 0.2) is 12.7 Å². The second kappa shape index (κ2) is 14.1. The number of fused-ring (bicyclic) bond motifs is 1. The summed E-state index contributed by atoms with van der Waals surface area (Å²) in [4.78, 5) is 83.2. The van der Waals surface area contributed by atoms with Crippen molar-refractivity contribution >= 4 is 35.6 Å². The van der Waals surface area contributed by atoms with E-state index in [-0.39, 0.29) is 42.2 Å². The second-order valence-corrected chi connectivity index (χ2v) is 16.7. The topological polar surface area (TPSA) is 166 Å². The van der Waals surface area contributed by atoms with E-state index in [2.05, 4.69) is 41.7 Å². The van der Waals surface area contributed by atoms with Crippen molar-refractivity contribution in [3.05, 3.63) is 12.7 Å². The van der Waals surface area contributed by atoms with Gasteiger partial charge in [-0.2, -0.15) is 0 Å². The first-order valence-corrected chi connectivity index (χ1v) is 17.3. The van der Waals surface area contributed by atoms with E-state index >= 15 is 0 Å². The number of ketones is 1. The van der Waals surface area contributed by atoms with E-state index < -0.39 is 64.7 Å². The van der Waals surface area contributed by atoms with E-state index in [1.54, 1.807) is 9.80 Å². The van der Waals surface area contributed by atoms with Gasteiger partial charge in [-0.05, 0) is 46.8 Å². The molecule has 0 aromatic rings. The van der Waals surface area contributed by atoms with Gasteiger partial charge in [-0.25, -0.2) is 9.59 Å². The number of Topliss-reactive ketones (excluding diaryl/α,β-unsaturated/α-hetero) is 1. The van der Waals surface area contributed by atoms with E-state index in [0.717, 1.165) is 12.8 Å². The number of likely N-dealkylation sites (tertiary alicyclic amines) is 1. The number of rotatable bonds is 13. The van der Waals surface area contributed by atoms with Crippen LogP contribution in [0.25, 0.3) is 0 Å². The van der Waals surface area contributed by atoms with Crippen LogP contribution in [0.5, 0.6) is 0 Å². The van der Waals surface area contributed by atoms with Gasteiger partial charge in [0.2, 0.25) is 17.6 Å². The van der Waals surface area contributed by atoms with Gasteiger partial charge in [-0.3, -0.25) is 19.2 Å². The highest BCUT2D eigenvalue weighted by atomic mass is 16.6. The highest BCUT2D eigenvalue weighted by Crippen LogP contribution is 2.65. The maximum Gasteiger partial charge on any atom is 0.409 e. The number of carbonyl (C=O) groups excluding carboxylic acids is 6. The van der Waals surface area contributed by atoms with Crippen LogP contribution in [-0.4, -0.2) is 102 Å². The number of nitrogens with one attached hydrogen (secondary N) is 4. The van der Waals surface area contributed by atoms with Crippen molar-refractivity contribution in [1.82, 2.24) is 31.1 Å². The van der Waals surface area contributed by atoms with Crippen molar-refractivity contribution < 1.29 is 33.5 Å². The third-order valence-corrected chi connectivity index (χ3v) is 10.5. The van der Waals surface area contributed by atoms with Crippen LogP contribution in [0.2, 0.25) is 0 Å². The van der Waals surface area contributed by atoms with Gasteiger partial charge >= 0.3 is 12.1 Å². The summed E-state index contributed by atoms with van der Waals surface area (Å²) in [5, 5.41) is 11.3. The average Bonchev–Trinajstić information content (AvgIpc) is 3.84. The van der Waals surface area contributed by atoms with E-state index in [1.165, 1.54) is 6.08 Å². The Kier molecular flexibility index (Phi) is 10.9. The number of ether oxygens (including phenoxy) is 1. The third kappa shape index (κ3) is 8.49. The average molecular weight is 673 g/mol. The molecule has 2 aliphatic heterocycles. The standard InChI is InChI=1S/C35H56N6O7/c1-10-14-36-29(44)26(42)22(17-20-12-13-20)37-28(43)25-24-21(35(24,8)9)18-41(25)30(45)27(34(5,6)7)39-31(46)38-23(33(2,3)4)19-40-15-11-16-48-32(40)47/h10,20-25,27H,1,11-19H2,2-9H3,(H,36,44)(H,37,43)(H2,38,39,46)/t21-,22?,23+,24-,25-,27+/m0/s1. The van der Waals surface area contributed by atoms with Gasteiger partial charge in [0.1, 0.15) is 12.1 Å². The second-order valence-electron chi connectivity index (χ2n) is 16.7. The van der Waals surface area contributed by atoms with E-state index in [4.69, 9.17) is 4.74 Å². The minimum atomic E-state index is -0.999. The highest BCUT2D eigenvalue weighted by Gasteiger charge is 2.70. The Bertz CT molecular complexity index is 1300. The smallest absolute Gasteiger partial charge is 0.409 e. The fourth-order valence-corrected chi connectivity index (χ4v) is 7.06. The summed E-state index contributed by atoms with van der Waals surface area (Å²) in [6.45, 7) is 20.8. The van der Waals surface area contributed by atoms with Crippen molar-refractivity contribution in [1.29, 1.82) is 0 Å². The van der Waals surface area contributed by atoms with Crippen LogP contribution in [0, 0.1) is 34.0 Å². The molecular formula is C35H56N6O7. The van der Waals surface area contributed by atoms with Gasteiger partial charge in [-0.15, -0.1) is 6.58 Å². The van der Waals surface area contributed by atoms with Crippen LogP contribution >= 0.6 is 0 Å². The Balaban J connectivity index is 1.51. The summed E-state index contributed by atoms with van der Waals surface area (Å²) in [5.41, 5.74) is -1.33. The number of carbonyl (C=O) groups is 6. The molecule has 48 heavy (non-hydrogen) atoms. The number of piperidine rings is 1. The Morgan fingerprint density at radius 2 is 1.69 bits per heavy atom. The first-order chi connectivity index (χ1) is 22.3. The van der Waals surface area contributed by atoms with E-state index in [9.17, 15) is 28.8 Å². The maximum atomic E-state index is 14.4. The molecule has 4 N–H and O–H groups in total. The lowest BCUT2D eigenvalue weighted by molar-refractivity contribution is -0.145. The molecule has 2 saturated carbocycles. The first-order valence-electron chi connectivity index (χ1n) is 17.3.